The van der Waals surface area contributed by atoms with Gasteiger partial charge < -0.3 is 0 Å². The van der Waals surface area contributed by atoms with Crippen LogP contribution in [0.3, 0.4) is 0 Å². The van der Waals surface area contributed by atoms with Crippen LogP contribution in [0.2, 0.25) is 0 Å². The quantitative estimate of drug-likeness (QED) is 0.520. The first kappa shape index (κ1) is 6.36. The molecule has 11 heavy (non-hydrogen) atoms. The van der Waals surface area contributed by atoms with Crippen LogP contribution in [0.1, 0.15) is 15.4 Å². The molecule has 0 N–H and O–H groups in total. The Morgan fingerprint density at radius 3 is 2.91 bits per heavy atom. The maximum atomic E-state index is 11.0. The highest BCUT2D eigenvalue weighted by Crippen LogP contribution is 2.17. The van der Waals surface area contributed by atoms with Crippen molar-refractivity contribution in [2.24, 2.45) is 0 Å². The minimum atomic E-state index is -0.502. The van der Waals surface area contributed by atoms with Gasteiger partial charge in [0.15, 0.2) is 0 Å². The van der Waals surface area contributed by atoms with Gasteiger partial charge in [-0.1, -0.05) is 4.49 Å². The normalized spacial score (nSPS) is 15.3. The Morgan fingerprint density at radius 1 is 1.27 bits per heavy atom. The van der Waals surface area contributed by atoms with E-state index in [4.69, 9.17) is 0 Å². The molecule has 0 unspecified atom stereocenters. The van der Waals surface area contributed by atoms with Crippen LogP contribution < -0.4 is 0 Å². The largest absolute Gasteiger partial charge is 0.286 e. The summed E-state index contributed by atoms with van der Waals surface area (Å²) < 4.78 is 3.56. The number of hydrogen-bond acceptors (Lipinski definition) is 5. The number of hydrogen-bond donors (Lipinski definition) is 0. The SMILES string of the molecule is O=C1C=Cc2nnsc2C1=O. The number of fused-ring (bicyclic) bond motifs is 1. The standard InChI is InChI=1S/C6H2N2O2S/c9-4-2-1-3-6(5(4)10)11-8-7-3/h1-2H. The second-order valence-corrected chi connectivity index (χ2v) is 2.77. The van der Waals surface area contributed by atoms with Crippen molar-refractivity contribution in [3.05, 3.63) is 16.6 Å². The lowest BCUT2D eigenvalue weighted by atomic mass is 10.1. The summed E-state index contributed by atoms with van der Waals surface area (Å²) in [5, 5.41) is 3.65. The Balaban J connectivity index is 2.66. The van der Waals surface area contributed by atoms with Crippen LogP contribution in [0.4, 0.5) is 0 Å². The highest BCUT2D eigenvalue weighted by Gasteiger charge is 2.23. The lowest BCUT2D eigenvalue weighted by Crippen LogP contribution is -2.13. The van der Waals surface area contributed by atoms with Crippen molar-refractivity contribution in [3.8, 4) is 0 Å². The molecule has 0 atom stereocenters. The molecule has 0 aromatic carbocycles. The molecule has 0 saturated heterocycles. The van der Waals surface area contributed by atoms with Gasteiger partial charge in [0.2, 0.25) is 11.6 Å². The molecule has 1 heterocycles. The number of ketones is 2. The van der Waals surface area contributed by atoms with Crippen LogP contribution in [0.25, 0.3) is 6.08 Å². The highest BCUT2D eigenvalue weighted by molar-refractivity contribution is 7.09. The predicted molar refractivity (Wildman–Crippen MR) is 38.3 cm³/mol. The minimum absolute atomic E-state index is 0.345. The zero-order valence-corrected chi connectivity index (χ0v) is 6.09. The van der Waals surface area contributed by atoms with Crippen molar-refractivity contribution in [3.63, 3.8) is 0 Å². The summed E-state index contributed by atoms with van der Waals surface area (Å²) in [5.74, 6) is -0.999. The number of rotatable bonds is 0. The van der Waals surface area contributed by atoms with Crippen LogP contribution in [-0.2, 0) is 4.79 Å². The lowest BCUT2D eigenvalue weighted by Gasteiger charge is -1.96. The van der Waals surface area contributed by atoms with Gasteiger partial charge in [-0.2, -0.15) is 0 Å². The van der Waals surface area contributed by atoms with Gasteiger partial charge in [-0.05, 0) is 23.7 Å². The third-order valence-corrected chi connectivity index (χ3v) is 2.08. The predicted octanol–water partition coefficient (Wildman–Crippen LogP) is 0.317. The second kappa shape index (κ2) is 2.06. The molecule has 0 aliphatic heterocycles. The van der Waals surface area contributed by atoms with E-state index in [0.717, 1.165) is 11.5 Å². The summed E-state index contributed by atoms with van der Waals surface area (Å²) in [6.07, 6.45) is 2.72. The van der Waals surface area contributed by atoms with Crippen molar-refractivity contribution in [1.82, 2.24) is 9.59 Å². The molecule has 4 nitrogen and oxygen atoms in total. The van der Waals surface area contributed by atoms with Crippen molar-refractivity contribution in [1.29, 1.82) is 0 Å². The van der Waals surface area contributed by atoms with Crippen molar-refractivity contribution >= 4 is 29.2 Å². The molecule has 0 amide bonds. The van der Waals surface area contributed by atoms with Gasteiger partial charge in [0.25, 0.3) is 0 Å². The van der Waals surface area contributed by atoms with Gasteiger partial charge >= 0.3 is 0 Å². The van der Waals surface area contributed by atoms with E-state index in [1.54, 1.807) is 0 Å². The molecule has 0 spiro atoms. The molecule has 0 saturated carbocycles. The molecular weight excluding hydrogens is 164 g/mol. The van der Waals surface area contributed by atoms with Crippen molar-refractivity contribution < 1.29 is 9.59 Å². The fourth-order valence-electron chi connectivity index (χ4n) is 0.806. The van der Waals surface area contributed by atoms with E-state index in [2.05, 4.69) is 9.59 Å². The monoisotopic (exact) mass is 166 g/mol. The van der Waals surface area contributed by atoms with Gasteiger partial charge in [0.05, 0.1) is 0 Å². The Morgan fingerprint density at radius 2 is 2.09 bits per heavy atom. The third kappa shape index (κ3) is 0.813. The van der Waals surface area contributed by atoms with Crippen LogP contribution in [0.5, 0.6) is 0 Å². The summed E-state index contributed by atoms with van der Waals surface area (Å²) in [6.45, 7) is 0. The number of carbonyl (C=O) groups excluding carboxylic acids is 2. The summed E-state index contributed by atoms with van der Waals surface area (Å²) in [5.41, 5.74) is 0.500. The fraction of sp³-hybridized carbons (Fsp3) is 0. The van der Waals surface area contributed by atoms with Crippen molar-refractivity contribution in [2.75, 3.05) is 0 Å². The molecule has 0 fully saturated rings. The van der Waals surface area contributed by atoms with E-state index in [-0.39, 0.29) is 0 Å². The molecular formula is C6H2N2O2S. The van der Waals surface area contributed by atoms with Crippen LogP contribution in [0, 0.1) is 0 Å². The molecule has 1 aliphatic carbocycles. The topological polar surface area (TPSA) is 59.9 Å². The van der Waals surface area contributed by atoms with Gasteiger partial charge in [-0.15, -0.1) is 5.10 Å². The zero-order chi connectivity index (χ0) is 7.84. The number of carbonyl (C=O) groups is 2. The molecule has 54 valence electrons. The first-order valence-corrected chi connectivity index (χ1v) is 3.65. The van der Waals surface area contributed by atoms with Crippen LogP contribution >= 0.6 is 11.5 Å². The first-order valence-electron chi connectivity index (χ1n) is 2.88. The van der Waals surface area contributed by atoms with Crippen LogP contribution in [-0.4, -0.2) is 21.2 Å². The van der Waals surface area contributed by atoms with E-state index >= 15 is 0 Å². The average molecular weight is 166 g/mol. The molecule has 1 aliphatic rings. The zero-order valence-electron chi connectivity index (χ0n) is 5.27. The van der Waals surface area contributed by atoms with E-state index in [1.807, 2.05) is 0 Å². The van der Waals surface area contributed by atoms with Gasteiger partial charge in [0, 0.05) is 0 Å². The van der Waals surface area contributed by atoms with E-state index in [0.29, 0.717) is 10.6 Å². The lowest BCUT2D eigenvalue weighted by molar-refractivity contribution is -0.110. The molecule has 5 heteroatoms. The molecule has 0 bridgehead atoms. The molecule has 1 aromatic heterocycles. The molecule has 0 radical (unpaired) electrons. The maximum Gasteiger partial charge on any atom is 0.246 e. The number of nitrogens with zero attached hydrogens (tertiary/aromatic N) is 2. The van der Waals surface area contributed by atoms with Gasteiger partial charge in [-0.25, -0.2) is 0 Å². The van der Waals surface area contributed by atoms with Crippen molar-refractivity contribution in [2.45, 2.75) is 0 Å². The second-order valence-electron chi connectivity index (χ2n) is 2.01. The average Bonchev–Trinajstić information content (AvgIpc) is 2.45. The first-order chi connectivity index (χ1) is 5.29. The maximum absolute atomic E-state index is 11.0. The summed E-state index contributed by atoms with van der Waals surface area (Å²) in [4.78, 5) is 22.1. The summed E-state index contributed by atoms with van der Waals surface area (Å²) in [6, 6.07) is 0. The number of Topliss-reactive ketones (excluding diaryl/α,β-unsaturated/α-hetero) is 1. The summed E-state index contributed by atoms with van der Waals surface area (Å²) in [7, 11) is 0. The summed E-state index contributed by atoms with van der Waals surface area (Å²) >= 11 is 0.954. The molecule has 1 aromatic rings. The van der Waals surface area contributed by atoms with Crippen LogP contribution in [0.15, 0.2) is 6.08 Å². The molecule has 2 rings (SSSR count). The third-order valence-electron chi connectivity index (χ3n) is 1.34. The Hall–Kier alpha value is -1.36. The smallest absolute Gasteiger partial charge is 0.246 e. The Bertz CT molecular complexity index is 366. The number of allylic oxidation sites excluding steroid dienone is 1. The highest BCUT2D eigenvalue weighted by atomic mass is 32.1. The minimum Gasteiger partial charge on any atom is -0.286 e. The van der Waals surface area contributed by atoms with E-state index in [9.17, 15) is 9.59 Å². The van der Waals surface area contributed by atoms with E-state index in [1.165, 1.54) is 12.2 Å². The van der Waals surface area contributed by atoms with E-state index < -0.39 is 11.6 Å². The van der Waals surface area contributed by atoms with Gasteiger partial charge in [0.1, 0.15) is 10.6 Å². The fourth-order valence-corrected chi connectivity index (χ4v) is 1.40. The Labute approximate surface area is 65.7 Å². The van der Waals surface area contributed by atoms with Gasteiger partial charge in [-0.3, -0.25) is 9.59 Å². The Kier molecular flexibility index (Phi) is 1.19. The number of aromatic nitrogens is 2.